The van der Waals surface area contributed by atoms with Crippen molar-refractivity contribution in [3.63, 3.8) is 0 Å². The fraction of sp³-hybridized carbons (Fsp3) is 0.588. The van der Waals surface area contributed by atoms with Crippen molar-refractivity contribution in [2.75, 3.05) is 11.9 Å². The highest BCUT2D eigenvalue weighted by Gasteiger charge is 2.11. The quantitative estimate of drug-likeness (QED) is 0.580. The van der Waals surface area contributed by atoms with Gasteiger partial charge in [-0.3, -0.25) is 4.79 Å². The Bertz CT molecular complexity index is 421. The molecule has 0 spiro atoms. The van der Waals surface area contributed by atoms with Gasteiger partial charge in [0, 0.05) is 5.69 Å². The van der Waals surface area contributed by atoms with Crippen LogP contribution in [0.1, 0.15) is 51.0 Å². The van der Waals surface area contributed by atoms with Gasteiger partial charge in [-0.25, -0.2) is 0 Å². The number of benzene rings is 1. The zero-order chi connectivity index (χ0) is 15.5. The second-order valence-electron chi connectivity index (χ2n) is 5.50. The van der Waals surface area contributed by atoms with Crippen LogP contribution in [-0.2, 0) is 11.2 Å². The first-order valence-corrected chi connectivity index (χ1v) is 7.93. The number of aliphatic hydroxyl groups excluding tert-OH is 1. The SMILES string of the molecule is CCCCCCCCc1cccc(NC(=O)[C@H](N)CO)c1. The molecule has 4 nitrogen and oxygen atoms in total. The average Bonchev–Trinajstić information content (AvgIpc) is 2.50. The molecule has 0 saturated heterocycles. The summed E-state index contributed by atoms with van der Waals surface area (Å²) in [6, 6.07) is 6.97. The largest absolute Gasteiger partial charge is 0.394 e. The van der Waals surface area contributed by atoms with E-state index < -0.39 is 6.04 Å². The molecule has 0 radical (unpaired) electrons. The van der Waals surface area contributed by atoms with Crippen LogP contribution in [0.3, 0.4) is 0 Å². The smallest absolute Gasteiger partial charge is 0.243 e. The highest BCUT2D eigenvalue weighted by molar-refractivity contribution is 5.94. The number of nitrogens with two attached hydrogens (primary N) is 1. The fourth-order valence-corrected chi connectivity index (χ4v) is 2.23. The molecule has 0 saturated carbocycles. The van der Waals surface area contributed by atoms with E-state index in [9.17, 15) is 4.79 Å². The zero-order valence-electron chi connectivity index (χ0n) is 13.0. The molecule has 0 heterocycles. The summed E-state index contributed by atoms with van der Waals surface area (Å²) < 4.78 is 0. The van der Waals surface area contributed by atoms with Crippen LogP contribution in [0.2, 0.25) is 0 Å². The van der Waals surface area contributed by atoms with Crippen molar-refractivity contribution in [3.05, 3.63) is 29.8 Å². The van der Waals surface area contributed by atoms with Crippen molar-refractivity contribution in [3.8, 4) is 0 Å². The van der Waals surface area contributed by atoms with E-state index in [1.54, 1.807) is 0 Å². The Morgan fingerprint density at radius 1 is 1.24 bits per heavy atom. The number of unbranched alkanes of at least 4 members (excludes halogenated alkanes) is 5. The summed E-state index contributed by atoms with van der Waals surface area (Å²) in [6.07, 6.45) is 8.69. The van der Waals surface area contributed by atoms with Crippen LogP contribution in [0, 0.1) is 0 Å². The minimum atomic E-state index is -0.868. The molecular formula is C17H28N2O2. The zero-order valence-corrected chi connectivity index (χ0v) is 13.0. The van der Waals surface area contributed by atoms with Crippen molar-refractivity contribution in [1.29, 1.82) is 0 Å². The van der Waals surface area contributed by atoms with Gasteiger partial charge in [0.05, 0.1) is 6.61 Å². The third kappa shape index (κ3) is 7.25. The Morgan fingerprint density at radius 2 is 1.95 bits per heavy atom. The molecule has 1 amide bonds. The Labute approximate surface area is 127 Å². The highest BCUT2D eigenvalue weighted by Crippen LogP contribution is 2.14. The molecule has 4 N–H and O–H groups in total. The lowest BCUT2D eigenvalue weighted by molar-refractivity contribution is -0.118. The molecule has 1 rings (SSSR count). The van der Waals surface area contributed by atoms with Gasteiger partial charge in [-0.1, -0.05) is 51.2 Å². The Morgan fingerprint density at radius 3 is 2.67 bits per heavy atom. The third-order valence-electron chi connectivity index (χ3n) is 3.55. The van der Waals surface area contributed by atoms with E-state index in [1.807, 2.05) is 18.2 Å². The molecule has 0 fully saturated rings. The number of hydrogen-bond donors (Lipinski definition) is 3. The number of aryl methyl sites for hydroxylation is 1. The monoisotopic (exact) mass is 292 g/mol. The van der Waals surface area contributed by atoms with Crippen molar-refractivity contribution in [2.24, 2.45) is 5.73 Å². The molecule has 0 aliphatic carbocycles. The highest BCUT2D eigenvalue weighted by atomic mass is 16.3. The molecule has 1 aromatic rings. The summed E-state index contributed by atoms with van der Waals surface area (Å²) in [5.41, 5.74) is 7.44. The molecule has 1 aromatic carbocycles. The molecule has 118 valence electrons. The first-order chi connectivity index (χ1) is 10.2. The number of aliphatic hydroxyl groups is 1. The van der Waals surface area contributed by atoms with E-state index >= 15 is 0 Å². The van der Waals surface area contributed by atoms with Crippen LogP contribution in [0.15, 0.2) is 24.3 Å². The maximum atomic E-state index is 11.6. The molecule has 0 aliphatic rings. The first-order valence-electron chi connectivity index (χ1n) is 7.93. The second kappa shape index (κ2) is 10.4. The second-order valence-corrected chi connectivity index (χ2v) is 5.50. The molecule has 0 aromatic heterocycles. The van der Waals surface area contributed by atoms with Crippen LogP contribution in [0.4, 0.5) is 5.69 Å². The van der Waals surface area contributed by atoms with Crippen molar-refractivity contribution < 1.29 is 9.90 Å². The number of hydrogen-bond acceptors (Lipinski definition) is 3. The molecule has 0 aliphatic heterocycles. The molecule has 1 atom stereocenters. The summed E-state index contributed by atoms with van der Waals surface area (Å²) in [5, 5.41) is 11.6. The number of nitrogens with one attached hydrogen (secondary N) is 1. The topological polar surface area (TPSA) is 75.4 Å². The average molecular weight is 292 g/mol. The number of carbonyl (C=O) groups is 1. The summed E-state index contributed by atoms with van der Waals surface area (Å²) >= 11 is 0. The number of amides is 1. The number of carbonyl (C=O) groups excluding carboxylic acids is 1. The van der Waals surface area contributed by atoms with E-state index in [-0.39, 0.29) is 12.5 Å². The maximum absolute atomic E-state index is 11.6. The van der Waals surface area contributed by atoms with E-state index in [4.69, 9.17) is 10.8 Å². The lowest BCUT2D eigenvalue weighted by atomic mass is 10.0. The maximum Gasteiger partial charge on any atom is 0.243 e. The van der Waals surface area contributed by atoms with Gasteiger partial charge in [-0.2, -0.15) is 0 Å². The Kier molecular flexibility index (Phi) is 8.71. The standard InChI is InChI=1S/C17H28N2O2/c1-2-3-4-5-6-7-9-14-10-8-11-15(12-14)19-17(21)16(18)13-20/h8,10-12,16,20H,2-7,9,13,18H2,1H3,(H,19,21)/t16-/m1/s1. The molecule has 0 unspecified atom stereocenters. The van der Waals surface area contributed by atoms with E-state index in [0.717, 1.165) is 12.1 Å². The summed E-state index contributed by atoms with van der Waals surface area (Å²) in [7, 11) is 0. The lowest BCUT2D eigenvalue weighted by Gasteiger charge is -2.10. The normalized spacial score (nSPS) is 12.1. The van der Waals surface area contributed by atoms with Crippen LogP contribution >= 0.6 is 0 Å². The fourth-order valence-electron chi connectivity index (χ4n) is 2.23. The van der Waals surface area contributed by atoms with Gasteiger partial charge in [0.1, 0.15) is 6.04 Å². The van der Waals surface area contributed by atoms with Crippen molar-refractivity contribution >= 4 is 11.6 Å². The minimum absolute atomic E-state index is 0.344. The summed E-state index contributed by atoms with van der Waals surface area (Å²) in [4.78, 5) is 11.6. The molecular weight excluding hydrogens is 264 g/mol. The third-order valence-corrected chi connectivity index (χ3v) is 3.55. The van der Waals surface area contributed by atoms with E-state index in [0.29, 0.717) is 0 Å². The molecule has 4 heteroatoms. The van der Waals surface area contributed by atoms with Crippen LogP contribution in [0.5, 0.6) is 0 Å². The van der Waals surface area contributed by atoms with Gasteiger partial charge >= 0.3 is 0 Å². The van der Waals surface area contributed by atoms with Gasteiger partial charge in [0.15, 0.2) is 0 Å². The van der Waals surface area contributed by atoms with Gasteiger partial charge in [-0.15, -0.1) is 0 Å². The Hall–Kier alpha value is -1.39. The van der Waals surface area contributed by atoms with Gasteiger partial charge in [0.2, 0.25) is 5.91 Å². The van der Waals surface area contributed by atoms with Gasteiger partial charge in [0.25, 0.3) is 0 Å². The van der Waals surface area contributed by atoms with Crippen molar-refractivity contribution in [2.45, 2.75) is 57.9 Å². The minimum Gasteiger partial charge on any atom is -0.394 e. The van der Waals surface area contributed by atoms with Gasteiger partial charge in [-0.05, 0) is 30.5 Å². The van der Waals surface area contributed by atoms with E-state index in [1.165, 1.54) is 44.1 Å². The predicted molar refractivity (Wildman–Crippen MR) is 87.2 cm³/mol. The Balaban J connectivity index is 2.36. The van der Waals surface area contributed by atoms with Crippen LogP contribution in [0.25, 0.3) is 0 Å². The predicted octanol–water partition coefficient (Wildman–Crippen LogP) is 2.85. The number of rotatable bonds is 10. The summed E-state index contributed by atoms with van der Waals surface area (Å²) in [5.74, 6) is -0.353. The number of anilines is 1. The summed E-state index contributed by atoms with van der Waals surface area (Å²) in [6.45, 7) is 1.88. The lowest BCUT2D eigenvalue weighted by Crippen LogP contribution is -2.38. The van der Waals surface area contributed by atoms with E-state index in [2.05, 4.69) is 18.3 Å². The van der Waals surface area contributed by atoms with Crippen molar-refractivity contribution in [1.82, 2.24) is 0 Å². The van der Waals surface area contributed by atoms with Gasteiger partial charge < -0.3 is 16.2 Å². The molecule has 21 heavy (non-hydrogen) atoms. The first kappa shape index (κ1) is 17.7. The molecule has 0 bridgehead atoms. The van der Waals surface area contributed by atoms with Crippen LogP contribution in [-0.4, -0.2) is 23.7 Å². The van der Waals surface area contributed by atoms with Crippen LogP contribution < -0.4 is 11.1 Å².